The Morgan fingerprint density at radius 1 is 1.26 bits per heavy atom. The van der Waals surface area contributed by atoms with Crippen LogP contribution in [-0.4, -0.2) is 31.3 Å². The molecule has 31 heavy (non-hydrogen) atoms. The van der Waals surface area contributed by atoms with Gasteiger partial charge in [0.25, 0.3) is 5.69 Å². The maximum absolute atomic E-state index is 14.3. The fourth-order valence-electron chi connectivity index (χ4n) is 2.98. The van der Waals surface area contributed by atoms with Crippen LogP contribution in [0, 0.1) is 28.8 Å². The first kappa shape index (κ1) is 22.4. The molecule has 3 rings (SSSR count). The minimum absolute atomic E-state index is 0.0292. The van der Waals surface area contributed by atoms with Crippen LogP contribution in [0.1, 0.15) is 19.4 Å². The van der Waals surface area contributed by atoms with E-state index >= 15 is 0 Å². The number of carbonyl (C=O) groups is 1. The van der Waals surface area contributed by atoms with Gasteiger partial charge in [0.2, 0.25) is 5.91 Å². The molecule has 0 aliphatic carbocycles. The molecule has 2 aromatic carbocycles. The lowest BCUT2D eigenvalue weighted by molar-refractivity contribution is -0.384. The predicted molar refractivity (Wildman–Crippen MR) is 117 cm³/mol. The number of nitrogens with one attached hydrogen (secondary N) is 1. The van der Waals surface area contributed by atoms with Gasteiger partial charge in [-0.3, -0.25) is 14.9 Å². The molecule has 0 radical (unpaired) electrons. The van der Waals surface area contributed by atoms with Crippen molar-refractivity contribution in [1.29, 1.82) is 0 Å². The summed E-state index contributed by atoms with van der Waals surface area (Å²) < 4.78 is 16.1. The summed E-state index contributed by atoms with van der Waals surface area (Å²) in [5, 5.41) is 22.6. The van der Waals surface area contributed by atoms with Gasteiger partial charge in [-0.05, 0) is 36.6 Å². The lowest BCUT2D eigenvalue weighted by Crippen LogP contribution is -2.16. The van der Waals surface area contributed by atoms with Gasteiger partial charge in [0.1, 0.15) is 11.5 Å². The van der Waals surface area contributed by atoms with E-state index in [-0.39, 0.29) is 23.0 Å². The van der Waals surface area contributed by atoms with Crippen molar-refractivity contribution < 1.29 is 14.1 Å². The third kappa shape index (κ3) is 5.46. The third-order valence-corrected chi connectivity index (χ3v) is 5.30. The van der Waals surface area contributed by atoms with Crippen LogP contribution in [0.5, 0.6) is 0 Å². The Kier molecular flexibility index (Phi) is 7.01. The smallest absolute Gasteiger partial charge is 0.293 e. The maximum Gasteiger partial charge on any atom is 0.293 e. The number of hydrogen-bond acceptors (Lipinski definition) is 6. The lowest BCUT2D eigenvalue weighted by Gasteiger charge is -2.13. The number of amides is 1. The molecule has 0 fully saturated rings. The van der Waals surface area contributed by atoms with Crippen LogP contribution in [0.4, 0.5) is 15.8 Å². The molecule has 0 aliphatic rings. The molecule has 0 saturated carbocycles. The molecule has 3 aromatic rings. The van der Waals surface area contributed by atoms with Crippen molar-refractivity contribution in [2.75, 3.05) is 11.1 Å². The molecular weight excluding hydrogens is 421 g/mol. The SMILES string of the molecule is Cc1ccc(NC(=O)CSc2nnc(-c3ccccc3F)n2CC(C)C)c([N+](=O)[O-])c1. The minimum Gasteiger partial charge on any atom is -0.320 e. The molecule has 1 aromatic heterocycles. The summed E-state index contributed by atoms with van der Waals surface area (Å²) >= 11 is 1.14. The van der Waals surface area contributed by atoms with Crippen LogP contribution in [0.3, 0.4) is 0 Å². The third-order valence-electron chi connectivity index (χ3n) is 4.34. The standard InChI is InChI=1S/C21H22FN5O3S/c1-13(2)11-26-20(15-6-4-5-7-16(15)22)24-25-21(26)31-12-19(28)23-17-9-8-14(3)10-18(17)27(29)30/h4-10,13H,11-12H2,1-3H3,(H,23,28). The van der Waals surface area contributed by atoms with Crippen LogP contribution in [-0.2, 0) is 11.3 Å². The largest absolute Gasteiger partial charge is 0.320 e. The molecule has 8 nitrogen and oxygen atoms in total. The average molecular weight is 444 g/mol. The van der Waals surface area contributed by atoms with Crippen molar-refractivity contribution in [3.63, 3.8) is 0 Å². The Bertz CT molecular complexity index is 1120. The molecule has 0 aliphatic heterocycles. The second-order valence-electron chi connectivity index (χ2n) is 7.41. The predicted octanol–water partition coefficient (Wildman–Crippen LogP) is 4.69. The Balaban J connectivity index is 1.78. The quantitative estimate of drug-likeness (QED) is 0.308. The summed E-state index contributed by atoms with van der Waals surface area (Å²) in [7, 11) is 0. The van der Waals surface area contributed by atoms with E-state index in [0.29, 0.717) is 23.1 Å². The maximum atomic E-state index is 14.3. The van der Waals surface area contributed by atoms with Gasteiger partial charge in [-0.15, -0.1) is 10.2 Å². The number of anilines is 1. The second kappa shape index (κ2) is 9.69. The highest BCUT2D eigenvalue weighted by Gasteiger charge is 2.20. The molecular formula is C21H22FN5O3S. The fourth-order valence-corrected chi connectivity index (χ4v) is 3.73. The topological polar surface area (TPSA) is 103 Å². The number of nitrogens with zero attached hydrogens (tertiary/aromatic N) is 4. The summed E-state index contributed by atoms with van der Waals surface area (Å²) in [6, 6.07) is 10.9. The van der Waals surface area contributed by atoms with Gasteiger partial charge in [-0.25, -0.2) is 4.39 Å². The molecule has 1 amide bonds. The highest BCUT2D eigenvalue weighted by molar-refractivity contribution is 7.99. The zero-order chi connectivity index (χ0) is 22.5. The first-order valence-electron chi connectivity index (χ1n) is 9.62. The van der Waals surface area contributed by atoms with E-state index in [2.05, 4.69) is 15.5 Å². The first-order valence-corrected chi connectivity index (χ1v) is 10.6. The van der Waals surface area contributed by atoms with Crippen molar-refractivity contribution >= 4 is 29.0 Å². The molecule has 0 atom stereocenters. The van der Waals surface area contributed by atoms with Gasteiger partial charge >= 0.3 is 0 Å². The van der Waals surface area contributed by atoms with Gasteiger partial charge in [0, 0.05) is 12.6 Å². The Labute approximate surface area is 183 Å². The zero-order valence-electron chi connectivity index (χ0n) is 17.3. The number of nitro benzene ring substituents is 1. The number of carbonyl (C=O) groups excluding carboxylic acids is 1. The van der Waals surface area contributed by atoms with Crippen molar-refractivity contribution in [2.45, 2.75) is 32.5 Å². The van der Waals surface area contributed by atoms with Gasteiger partial charge in [-0.1, -0.05) is 43.8 Å². The zero-order valence-corrected chi connectivity index (χ0v) is 18.1. The van der Waals surface area contributed by atoms with Crippen LogP contribution >= 0.6 is 11.8 Å². The number of halogens is 1. The second-order valence-corrected chi connectivity index (χ2v) is 8.35. The van der Waals surface area contributed by atoms with Crippen LogP contribution in [0.15, 0.2) is 47.6 Å². The van der Waals surface area contributed by atoms with Crippen LogP contribution in [0.2, 0.25) is 0 Å². The summed E-state index contributed by atoms with van der Waals surface area (Å²) in [5.74, 6) is -0.211. The molecule has 0 spiro atoms. The van der Waals surface area contributed by atoms with Gasteiger partial charge < -0.3 is 9.88 Å². The van der Waals surface area contributed by atoms with E-state index in [9.17, 15) is 19.3 Å². The van der Waals surface area contributed by atoms with E-state index in [4.69, 9.17) is 0 Å². The molecule has 0 unspecified atom stereocenters. The van der Waals surface area contributed by atoms with Gasteiger partial charge in [0.15, 0.2) is 11.0 Å². The minimum atomic E-state index is -0.532. The molecule has 0 bridgehead atoms. The number of nitro groups is 1. The molecule has 162 valence electrons. The van der Waals surface area contributed by atoms with E-state index in [1.54, 1.807) is 35.8 Å². The van der Waals surface area contributed by atoms with Crippen LogP contribution < -0.4 is 5.32 Å². The van der Waals surface area contributed by atoms with E-state index in [1.807, 2.05) is 13.8 Å². The number of aryl methyl sites for hydroxylation is 1. The van der Waals surface area contributed by atoms with Crippen molar-refractivity contribution in [3.8, 4) is 11.4 Å². The fraction of sp³-hybridized carbons (Fsp3) is 0.286. The Morgan fingerprint density at radius 2 is 2.00 bits per heavy atom. The summed E-state index contributed by atoms with van der Waals surface area (Å²) in [4.78, 5) is 23.1. The van der Waals surface area contributed by atoms with Crippen molar-refractivity contribution in [3.05, 3.63) is 64.0 Å². The average Bonchev–Trinajstić information content (AvgIpc) is 3.09. The number of aromatic nitrogens is 3. The van der Waals surface area contributed by atoms with E-state index < -0.39 is 16.6 Å². The summed E-state index contributed by atoms with van der Waals surface area (Å²) in [6.45, 7) is 6.32. The van der Waals surface area contributed by atoms with Gasteiger partial charge in [-0.2, -0.15) is 0 Å². The summed E-state index contributed by atoms with van der Waals surface area (Å²) in [6.07, 6.45) is 0. The monoisotopic (exact) mass is 443 g/mol. The molecule has 10 heteroatoms. The Morgan fingerprint density at radius 3 is 2.68 bits per heavy atom. The Hall–Kier alpha value is -3.27. The van der Waals surface area contributed by atoms with E-state index in [1.165, 1.54) is 18.2 Å². The number of rotatable bonds is 8. The number of benzene rings is 2. The normalized spacial score (nSPS) is 11.0. The van der Waals surface area contributed by atoms with Crippen LogP contribution in [0.25, 0.3) is 11.4 Å². The molecule has 0 saturated heterocycles. The summed E-state index contributed by atoms with van der Waals surface area (Å²) in [5.41, 5.74) is 1.03. The van der Waals surface area contributed by atoms with Crippen molar-refractivity contribution in [1.82, 2.24) is 14.8 Å². The van der Waals surface area contributed by atoms with Gasteiger partial charge in [0.05, 0.1) is 16.2 Å². The number of thioether (sulfide) groups is 1. The van der Waals surface area contributed by atoms with E-state index in [0.717, 1.165) is 17.3 Å². The molecule has 1 N–H and O–H groups in total. The van der Waals surface area contributed by atoms with Crippen molar-refractivity contribution in [2.24, 2.45) is 5.92 Å². The molecule has 1 heterocycles. The lowest BCUT2D eigenvalue weighted by atomic mass is 10.2. The number of hydrogen-bond donors (Lipinski definition) is 1. The first-order chi connectivity index (χ1) is 14.8. The highest BCUT2D eigenvalue weighted by atomic mass is 32.2. The highest BCUT2D eigenvalue weighted by Crippen LogP contribution is 2.28.